The average molecular weight is 232 g/mol. The summed E-state index contributed by atoms with van der Waals surface area (Å²) in [4.78, 5) is 0. The zero-order valence-corrected chi connectivity index (χ0v) is 9.64. The van der Waals surface area contributed by atoms with Crippen molar-refractivity contribution in [2.24, 2.45) is 5.73 Å². The lowest BCUT2D eigenvalue weighted by Crippen LogP contribution is -2.18. The molecule has 0 saturated carbocycles. The van der Waals surface area contributed by atoms with E-state index >= 15 is 0 Å². The largest absolute Gasteiger partial charge is 0.494 e. The minimum atomic E-state index is -0.434. The molecule has 1 atom stereocenters. The third-order valence-electron chi connectivity index (χ3n) is 1.95. The zero-order chi connectivity index (χ0) is 11.4. The van der Waals surface area contributed by atoms with Crippen molar-refractivity contribution in [2.75, 3.05) is 6.61 Å². The van der Waals surface area contributed by atoms with Crippen LogP contribution < -0.4 is 10.5 Å². The molecule has 1 aromatic rings. The second-order valence-corrected chi connectivity index (χ2v) is 3.90. The van der Waals surface area contributed by atoms with E-state index in [9.17, 15) is 4.39 Å². The molecule has 84 valence electrons. The maximum atomic E-state index is 13.2. The highest BCUT2D eigenvalue weighted by atomic mass is 35.5. The maximum absolute atomic E-state index is 13.2. The minimum Gasteiger partial charge on any atom is -0.494 e. The van der Waals surface area contributed by atoms with Gasteiger partial charge in [-0.25, -0.2) is 4.39 Å². The molecule has 0 aromatic heterocycles. The van der Waals surface area contributed by atoms with Crippen molar-refractivity contribution in [3.05, 3.63) is 28.5 Å². The van der Waals surface area contributed by atoms with Crippen molar-refractivity contribution in [2.45, 2.75) is 26.3 Å². The van der Waals surface area contributed by atoms with E-state index in [1.54, 1.807) is 0 Å². The number of rotatable bonds is 4. The van der Waals surface area contributed by atoms with Gasteiger partial charge in [-0.05, 0) is 31.9 Å². The molecule has 0 heterocycles. The molecule has 0 aliphatic heterocycles. The van der Waals surface area contributed by atoms with Gasteiger partial charge >= 0.3 is 0 Å². The Bertz CT molecular complexity index is 342. The van der Waals surface area contributed by atoms with Gasteiger partial charge in [0.15, 0.2) is 0 Å². The number of benzene rings is 1. The Balaban J connectivity index is 3.04. The fraction of sp³-hybridized carbons (Fsp3) is 0.455. The van der Waals surface area contributed by atoms with E-state index < -0.39 is 5.82 Å². The highest BCUT2D eigenvalue weighted by Gasteiger charge is 2.10. The molecule has 1 unspecified atom stereocenters. The zero-order valence-electron chi connectivity index (χ0n) is 8.89. The van der Waals surface area contributed by atoms with E-state index in [0.29, 0.717) is 18.8 Å². The number of hydrogen-bond acceptors (Lipinski definition) is 2. The Morgan fingerprint density at radius 1 is 1.53 bits per heavy atom. The molecular formula is C11H15ClFNO. The molecule has 1 rings (SSSR count). The second kappa shape index (κ2) is 5.33. The van der Waals surface area contributed by atoms with Crippen LogP contribution in [-0.4, -0.2) is 12.6 Å². The molecule has 0 fully saturated rings. The van der Waals surface area contributed by atoms with Crippen LogP contribution in [0, 0.1) is 5.82 Å². The fourth-order valence-electron chi connectivity index (χ4n) is 1.37. The lowest BCUT2D eigenvalue weighted by Gasteiger charge is -2.12. The van der Waals surface area contributed by atoms with Crippen molar-refractivity contribution in [1.82, 2.24) is 0 Å². The molecule has 0 amide bonds. The standard InChI is InChI=1S/C11H15ClFNO/c1-3-15-11-6-9(12)10(13)5-8(11)4-7(2)14/h5-7H,3-4,14H2,1-2H3. The average Bonchev–Trinajstić information content (AvgIpc) is 2.13. The topological polar surface area (TPSA) is 35.2 Å². The van der Waals surface area contributed by atoms with Gasteiger partial charge in [0.25, 0.3) is 0 Å². The van der Waals surface area contributed by atoms with Crippen molar-refractivity contribution in [3.63, 3.8) is 0 Å². The van der Waals surface area contributed by atoms with Crippen LogP contribution in [-0.2, 0) is 6.42 Å². The predicted molar refractivity (Wildman–Crippen MR) is 59.9 cm³/mol. The molecule has 0 aliphatic carbocycles. The van der Waals surface area contributed by atoms with Crippen molar-refractivity contribution < 1.29 is 9.13 Å². The van der Waals surface area contributed by atoms with Crippen LogP contribution in [0.3, 0.4) is 0 Å². The third-order valence-corrected chi connectivity index (χ3v) is 2.23. The van der Waals surface area contributed by atoms with Crippen LogP contribution in [0.4, 0.5) is 4.39 Å². The van der Waals surface area contributed by atoms with Gasteiger partial charge in [-0.2, -0.15) is 0 Å². The highest BCUT2D eigenvalue weighted by molar-refractivity contribution is 6.30. The molecule has 2 N–H and O–H groups in total. The monoisotopic (exact) mass is 231 g/mol. The summed E-state index contributed by atoms with van der Waals surface area (Å²) in [6.07, 6.45) is 0.573. The Labute approximate surface area is 94.2 Å². The van der Waals surface area contributed by atoms with Crippen molar-refractivity contribution >= 4 is 11.6 Å². The van der Waals surface area contributed by atoms with E-state index in [1.165, 1.54) is 12.1 Å². The molecule has 4 heteroatoms. The summed E-state index contributed by atoms with van der Waals surface area (Å²) in [7, 11) is 0. The first-order valence-electron chi connectivity index (χ1n) is 4.91. The quantitative estimate of drug-likeness (QED) is 0.865. The maximum Gasteiger partial charge on any atom is 0.142 e. The van der Waals surface area contributed by atoms with Gasteiger partial charge in [0, 0.05) is 12.1 Å². The molecule has 0 bridgehead atoms. The molecule has 0 saturated heterocycles. The van der Waals surface area contributed by atoms with Crippen LogP contribution in [0.25, 0.3) is 0 Å². The number of ether oxygens (including phenoxy) is 1. The van der Waals surface area contributed by atoms with Crippen LogP contribution in [0.2, 0.25) is 5.02 Å². The summed E-state index contributed by atoms with van der Waals surface area (Å²) in [6.45, 7) is 4.25. The van der Waals surface area contributed by atoms with E-state index in [4.69, 9.17) is 22.1 Å². The van der Waals surface area contributed by atoms with Gasteiger partial charge in [0.05, 0.1) is 11.6 Å². The molecular weight excluding hydrogens is 217 g/mol. The van der Waals surface area contributed by atoms with Gasteiger partial charge in [-0.3, -0.25) is 0 Å². The van der Waals surface area contributed by atoms with Gasteiger partial charge in [0.1, 0.15) is 11.6 Å². The first-order chi connectivity index (χ1) is 7.04. The van der Waals surface area contributed by atoms with E-state index in [1.807, 2.05) is 13.8 Å². The SMILES string of the molecule is CCOc1cc(Cl)c(F)cc1CC(C)N. The highest BCUT2D eigenvalue weighted by Crippen LogP contribution is 2.27. The fourth-order valence-corrected chi connectivity index (χ4v) is 1.52. The smallest absolute Gasteiger partial charge is 0.142 e. The Kier molecular flexibility index (Phi) is 4.36. The van der Waals surface area contributed by atoms with Crippen molar-refractivity contribution in [1.29, 1.82) is 0 Å². The molecule has 1 aromatic carbocycles. The van der Waals surface area contributed by atoms with E-state index in [2.05, 4.69) is 0 Å². The number of hydrogen-bond donors (Lipinski definition) is 1. The minimum absolute atomic E-state index is 0.0372. The predicted octanol–water partition coefficient (Wildman–Crippen LogP) is 2.77. The van der Waals surface area contributed by atoms with Crippen molar-refractivity contribution in [3.8, 4) is 5.75 Å². The summed E-state index contributed by atoms with van der Waals surface area (Å²) in [5, 5.41) is 0.0758. The van der Waals surface area contributed by atoms with E-state index in [-0.39, 0.29) is 11.1 Å². The molecule has 15 heavy (non-hydrogen) atoms. The molecule has 0 aliphatic rings. The van der Waals surface area contributed by atoms with Crippen LogP contribution in [0.15, 0.2) is 12.1 Å². The van der Waals surface area contributed by atoms with Gasteiger partial charge < -0.3 is 10.5 Å². The summed E-state index contributed by atoms with van der Waals surface area (Å²) >= 11 is 5.67. The first-order valence-corrected chi connectivity index (χ1v) is 5.28. The number of nitrogens with two attached hydrogens (primary N) is 1. The van der Waals surface area contributed by atoms with Crippen LogP contribution in [0.1, 0.15) is 19.4 Å². The summed E-state index contributed by atoms with van der Waals surface area (Å²) < 4.78 is 18.6. The summed E-state index contributed by atoms with van der Waals surface area (Å²) in [6, 6.07) is 2.85. The third kappa shape index (κ3) is 3.36. The van der Waals surface area contributed by atoms with Crippen LogP contribution in [0.5, 0.6) is 5.75 Å². The van der Waals surface area contributed by atoms with Crippen LogP contribution >= 0.6 is 11.6 Å². The lowest BCUT2D eigenvalue weighted by atomic mass is 10.1. The molecule has 0 spiro atoms. The summed E-state index contributed by atoms with van der Waals surface area (Å²) in [5.74, 6) is 0.178. The Morgan fingerprint density at radius 2 is 2.20 bits per heavy atom. The first kappa shape index (κ1) is 12.3. The van der Waals surface area contributed by atoms with Gasteiger partial charge in [-0.1, -0.05) is 11.6 Å². The van der Waals surface area contributed by atoms with Gasteiger partial charge in [-0.15, -0.1) is 0 Å². The second-order valence-electron chi connectivity index (χ2n) is 3.49. The normalized spacial score (nSPS) is 12.6. The molecule has 2 nitrogen and oxygen atoms in total. The summed E-state index contributed by atoms with van der Waals surface area (Å²) in [5.41, 5.74) is 6.42. The Hall–Kier alpha value is -0.800. The number of halogens is 2. The molecule has 0 radical (unpaired) electrons. The van der Waals surface area contributed by atoms with Gasteiger partial charge in [0.2, 0.25) is 0 Å². The van der Waals surface area contributed by atoms with E-state index in [0.717, 1.165) is 5.56 Å². The Morgan fingerprint density at radius 3 is 2.73 bits per heavy atom. The lowest BCUT2D eigenvalue weighted by molar-refractivity contribution is 0.335.